The van der Waals surface area contributed by atoms with Crippen LogP contribution in [0.5, 0.6) is 0 Å². The van der Waals surface area contributed by atoms with Gasteiger partial charge in [0.2, 0.25) is 0 Å². The van der Waals surface area contributed by atoms with E-state index >= 15 is 0 Å². The second-order valence-corrected chi connectivity index (χ2v) is 13.0. The number of rotatable bonds is 33. The van der Waals surface area contributed by atoms with E-state index in [1.54, 1.807) is 0 Å². The van der Waals surface area contributed by atoms with E-state index in [0.29, 0.717) is 6.61 Å². The molecule has 264 valence electrons. The first-order chi connectivity index (χ1) is 21.8. The number of phosphoric ester groups is 1. The number of unbranched alkanes of at least 4 members (excludes halogenated alkanes) is 13. The van der Waals surface area contributed by atoms with Crippen molar-refractivity contribution in [3.05, 3.63) is 36.5 Å². The van der Waals surface area contributed by atoms with Crippen LogP contribution in [0.25, 0.3) is 0 Å². The van der Waals surface area contributed by atoms with Crippen molar-refractivity contribution in [2.75, 3.05) is 33.0 Å². The van der Waals surface area contributed by atoms with Gasteiger partial charge in [0.05, 0.1) is 26.4 Å². The molecule has 0 spiro atoms. The zero-order valence-corrected chi connectivity index (χ0v) is 29.2. The summed E-state index contributed by atoms with van der Waals surface area (Å²) >= 11 is 0. The first-order valence-corrected chi connectivity index (χ1v) is 19.0. The third-order valence-electron chi connectivity index (χ3n) is 7.09. The van der Waals surface area contributed by atoms with Crippen molar-refractivity contribution < 1.29 is 43.0 Å². The molecule has 10 heteroatoms. The predicted molar refractivity (Wildman–Crippen MR) is 182 cm³/mol. The van der Waals surface area contributed by atoms with Crippen LogP contribution in [0.15, 0.2) is 36.5 Å². The highest BCUT2D eigenvalue weighted by atomic mass is 31.2. The summed E-state index contributed by atoms with van der Waals surface area (Å²) in [4.78, 5) is 22.4. The summed E-state index contributed by atoms with van der Waals surface area (Å²) in [5, 5.41) is 18.2. The van der Waals surface area contributed by atoms with Crippen molar-refractivity contribution in [1.29, 1.82) is 0 Å². The van der Waals surface area contributed by atoms with Gasteiger partial charge in [-0.1, -0.05) is 121 Å². The summed E-state index contributed by atoms with van der Waals surface area (Å²) in [5.74, 6) is -0.395. The number of ether oxygens (including phenoxy) is 2. The maximum atomic E-state index is 12.5. The number of phosphoric acid groups is 1. The summed E-state index contributed by atoms with van der Waals surface area (Å²) in [6.45, 7) is 3.31. The van der Waals surface area contributed by atoms with Crippen molar-refractivity contribution in [2.45, 2.75) is 148 Å². The zero-order chi connectivity index (χ0) is 33.3. The van der Waals surface area contributed by atoms with E-state index in [9.17, 15) is 19.4 Å². The van der Waals surface area contributed by atoms with E-state index in [0.717, 1.165) is 70.6 Å². The molecule has 0 saturated carbocycles. The van der Waals surface area contributed by atoms with Crippen LogP contribution in [-0.4, -0.2) is 66.3 Å². The van der Waals surface area contributed by atoms with Crippen LogP contribution in [0.2, 0.25) is 0 Å². The number of esters is 1. The van der Waals surface area contributed by atoms with Crippen LogP contribution in [0.4, 0.5) is 0 Å². The predicted octanol–water partition coefficient (Wildman–Crippen LogP) is 8.52. The van der Waals surface area contributed by atoms with Gasteiger partial charge in [-0.2, -0.15) is 0 Å². The molecule has 0 fully saturated rings. The highest BCUT2D eigenvalue weighted by Gasteiger charge is 2.26. The van der Waals surface area contributed by atoms with Crippen molar-refractivity contribution in [3.8, 4) is 0 Å². The molecule has 3 unspecified atom stereocenters. The van der Waals surface area contributed by atoms with E-state index in [-0.39, 0.29) is 19.6 Å². The minimum atomic E-state index is -4.51. The van der Waals surface area contributed by atoms with Gasteiger partial charge in [-0.25, -0.2) is 4.57 Å². The van der Waals surface area contributed by atoms with Crippen molar-refractivity contribution in [2.24, 2.45) is 0 Å². The van der Waals surface area contributed by atoms with Crippen molar-refractivity contribution >= 4 is 13.8 Å². The number of hydrogen-bond acceptors (Lipinski definition) is 8. The zero-order valence-electron chi connectivity index (χ0n) is 28.3. The Morgan fingerprint density at radius 2 is 1.27 bits per heavy atom. The van der Waals surface area contributed by atoms with E-state index in [1.165, 1.54) is 44.9 Å². The number of allylic oxidation sites excluding steroid dienone is 6. The highest BCUT2D eigenvalue weighted by Crippen LogP contribution is 2.43. The summed E-state index contributed by atoms with van der Waals surface area (Å²) in [5.41, 5.74) is 0. The highest BCUT2D eigenvalue weighted by molar-refractivity contribution is 7.47. The fourth-order valence-corrected chi connectivity index (χ4v) is 5.22. The number of aliphatic hydroxyl groups is 2. The molecular formula is C35H65O9P. The van der Waals surface area contributed by atoms with Crippen LogP contribution in [0, 0.1) is 0 Å². The summed E-state index contributed by atoms with van der Waals surface area (Å²) in [7, 11) is -4.51. The van der Waals surface area contributed by atoms with Gasteiger partial charge in [0.15, 0.2) is 0 Å². The molecule has 0 bridgehead atoms. The molecule has 9 nitrogen and oxygen atoms in total. The molecule has 0 aromatic carbocycles. The Bertz CT molecular complexity index is 800. The largest absolute Gasteiger partial charge is 0.472 e. The Hall–Kier alpha value is -1.32. The second-order valence-electron chi connectivity index (χ2n) is 11.5. The molecule has 3 N–H and O–H groups in total. The van der Waals surface area contributed by atoms with Gasteiger partial charge in [-0.15, -0.1) is 0 Å². The maximum Gasteiger partial charge on any atom is 0.472 e. The van der Waals surface area contributed by atoms with Crippen LogP contribution in [0.3, 0.4) is 0 Å². The SMILES string of the molecule is CC/C=C\C/C=C\C/C=C\CCCCCCOCC(COP(=O)(O)OCC(O)CO)OC(=O)CCCCCCCCCCCC. The van der Waals surface area contributed by atoms with Crippen LogP contribution in [-0.2, 0) is 27.9 Å². The number of hydrogen-bond donors (Lipinski definition) is 3. The van der Waals surface area contributed by atoms with Crippen LogP contribution < -0.4 is 0 Å². The Kier molecular flexibility index (Phi) is 31.7. The van der Waals surface area contributed by atoms with Gasteiger partial charge in [-0.3, -0.25) is 13.8 Å². The number of carbonyl (C=O) groups excluding carboxylic acids is 1. The average molecular weight is 661 g/mol. The molecule has 0 aliphatic rings. The van der Waals surface area contributed by atoms with Gasteiger partial charge < -0.3 is 24.6 Å². The van der Waals surface area contributed by atoms with Gasteiger partial charge >= 0.3 is 13.8 Å². The van der Waals surface area contributed by atoms with Gasteiger partial charge in [0.25, 0.3) is 0 Å². The Morgan fingerprint density at radius 1 is 0.711 bits per heavy atom. The Labute approximate surface area is 274 Å². The van der Waals surface area contributed by atoms with E-state index < -0.39 is 39.2 Å². The lowest BCUT2D eigenvalue weighted by atomic mass is 10.1. The number of aliphatic hydroxyl groups excluding tert-OH is 2. The molecule has 45 heavy (non-hydrogen) atoms. The molecule has 0 aromatic heterocycles. The first-order valence-electron chi connectivity index (χ1n) is 17.5. The van der Waals surface area contributed by atoms with E-state index in [4.69, 9.17) is 23.6 Å². The van der Waals surface area contributed by atoms with Gasteiger partial charge in [0, 0.05) is 13.0 Å². The lowest BCUT2D eigenvalue weighted by molar-refractivity contribution is -0.154. The van der Waals surface area contributed by atoms with Gasteiger partial charge in [-0.05, 0) is 44.9 Å². The smallest absolute Gasteiger partial charge is 0.457 e. The topological polar surface area (TPSA) is 132 Å². The van der Waals surface area contributed by atoms with Crippen molar-refractivity contribution in [3.63, 3.8) is 0 Å². The lowest BCUT2D eigenvalue weighted by Gasteiger charge is -2.20. The van der Waals surface area contributed by atoms with Gasteiger partial charge in [0.1, 0.15) is 12.2 Å². The quantitative estimate of drug-likeness (QED) is 0.0274. The third-order valence-corrected chi connectivity index (χ3v) is 8.04. The molecule has 0 rings (SSSR count). The third kappa shape index (κ3) is 32.4. The Morgan fingerprint density at radius 3 is 1.91 bits per heavy atom. The standard InChI is InChI=1S/C35H65O9P/c1-3-5-7-9-11-13-15-16-17-18-20-22-24-26-28-41-31-34(32-43-45(39,40)42-30-33(37)29-36)44-35(38)27-25-23-21-19-14-12-10-8-6-4-2/h5,7,11,13,16-17,33-34,36-37H,3-4,6,8-10,12,14-15,18-32H2,1-2H3,(H,39,40)/b7-5-,13-11-,17-16-. The monoisotopic (exact) mass is 660 g/mol. The first kappa shape index (κ1) is 43.7. The van der Waals surface area contributed by atoms with Crippen molar-refractivity contribution in [1.82, 2.24) is 0 Å². The lowest BCUT2D eigenvalue weighted by Crippen LogP contribution is -2.29. The molecule has 0 aliphatic carbocycles. The average Bonchev–Trinajstić information content (AvgIpc) is 3.03. The normalized spacial score (nSPS) is 14.9. The Balaban J connectivity index is 4.31. The fourth-order valence-electron chi connectivity index (χ4n) is 4.43. The van der Waals surface area contributed by atoms with Crippen LogP contribution in [0.1, 0.15) is 136 Å². The minimum absolute atomic E-state index is 0.0352. The van der Waals surface area contributed by atoms with E-state index in [1.807, 2.05) is 0 Å². The summed E-state index contributed by atoms with van der Waals surface area (Å²) in [6.07, 6.45) is 31.1. The maximum absolute atomic E-state index is 12.5. The summed E-state index contributed by atoms with van der Waals surface area (Å²) in [6, 6.07) is 0. The summed E-state index contributed by atoms with van der Waals surface area (Å²) < 4.78 is 33.1. The molecule has 0 saturated heterocycles. The molecule has 3 atom stereocenters. The number of carbonyl (C=O) groups is 1. The molecular weight excluding hydrogens is 595 g/mol. The molecule has 0 radical (unpaired) electrons. The molecule has 0 aromatic rings. The molecule has 0 heterocycles. The van der Waals surface area contributed by atoms with E-state index in [2.05, 4.69) is 50.3 Å². The molecule has 0 aliphatic heterocycles. The molecule has 0 amide bonds. The minimum Gasteiger partial charge on any atom is -0.457 e. The van der Waals surface area contributed by atoms with Crippen LogP contribution >= 0.6 is 7.82 Å². The second kappa shape index (κ2) is 32.6. The fraction of sp³-hybridized carbons (Fsp3) is 0.800.